The van der Waals surface area contributed by atoms with Crippen LogP contribution in [0.3, 0.4) is 0 Å². The Hall–Kier alpha value is -1.94. The van der Waals surface area contributed by atoms with Gasteiger partial charge >= 0.3 is 39.5 Å². The minimum atomic E-state index is -4.95. The Bertz CT molecular complexity index is 1800. The molecule has 0 rings (SSSR count). The highest BCUT2D eigenvalue weighted by atomic mass is 31.2. The average molecular weight is 1340 g/mol. The van der Waals surface area contributed by atoms with Gasteiger partial charge < -0.3 is 33.8 Å². The van der Waals surface area contributed by atoms with Crippen LogP contribution >= 0.6 is 15.6 Å². The quantitative estimate of drug-likeness (QED) is 0.0222. The molecule has 0 saturated carbocycles. The highest BCUT2D eigenvalue weighted by molar-refractivity contribution is 7.47. The summed E-state index contributed by atoms with van der Waals surface area (Å²) in [7, 11) is -9.91. The largest absolute Gasteiger partial charge is 0.472 e. The molecular formula is C72H140O17P2. The number of unbranched alkanes of at least 4 members (excludes halogenated alkanes) is 34. The predicted molar refractivity (Wildman–Crippen MR) is 367 cm³/mol. The van der Waals surface area contributed by atoms with Crippen LogP contribution in [0.5, 0.6) is 0 Å². The molecule has 0 aliphatic rings. The number of rotatable bonds is 69. The van der Waals surface area contributed by atoms with E-state index in [1.165, 1.54) is 154 Å². The molecule has 0 heterocycles. The van der Waals surface area contributed by atoms with Crippen molar-refractivity contribution >= 4 is 39.5 Å². The van der Waals surface area contributed by atoms with Crippen molar-refractivity contribution in [1.82, 2.24) is 0 Å². The number of phosphoric ester groups is 2. The monoisotopic (exact) mass is 1340 g/mol. The van der Waals surface area contributed by atoms with Gasteiger partial charge in [-0.25, -0.2) is 9.13 Å². The van der Waals surface area contributed by atoms with Crippen LogP contribution < -0.4 is 0 Å². The third-order valence-corrected chi connectivity index (χ3v) is 18.8. The van der Waals surface area contributed by atoms with Crippen LogP contribution in [0.1, 0.15) is 357 Å². The zero-order valence-electron chi connectivity index (χ0n) is 59.5. The van der Waals surface area contributed by atoms with E-state index < -0.39 is 97.5 Å². The van der Waals surface area contributed by atoms with Crippen LogP contribution in [0.25, 0.3) is 0 Å². The van der Waals surface area contributed by atoms with Crippen molar-refractivity contribution in [3.05, 3.63) is 0 Å². The fraction of sp³-hybridized carbons (Fsp3) is 0.944. The van der Waals surface area contributed by atoms with E-state index in [4.69, 9.17) is 37.0 Å². The minimum Gasteiger partial charge on any atom is -0.462 e. The second kappa shape index (κ2) is 61.6. The standard InChI is InChI=1S/C72H140O17P2/c1-9-65(8)51-43-35-30-31-37-45-53-70(75)83-59-68(89-72(77)55-47-39-29-21-17-19-25-33-41-49-63(4)5)61-87-91(80,81)85-57-66(73)56-84-90(78,79)86-60-67(58-82-69(74)52-44-36-27-23-22-26-34-42-50-64(6)7)88-71(76)54-46-38-28-20-16-14-12-10-11-13-15-18-24-32-40-48-62(2)3/h62-68,73H,9-61H2,1-8H3,(H,78,79)(H,80,81)/t65?,66-,67-,68-/m1/s1. The van der Waals surface area contributed by atoms with Crippen molar-refractivity contribution in [2.24, 2.45) is 23.7 Å². The lowest BCUT2D eigenvalue weighted by Crippen LogP contribution is -2.30. The number of ether oxygens (including phenoxy) is 4. The number of hydrogen-bond donors (Lipinski definition) is 3. The Kier molecular flexibility index (Phi) is 60.3. The molecule has 0 aromatic rings. The number of aliphatic hydroxyl groups excluding tert-OH is 1. The van der Waals surface area contributed by atoms with Gasteiger partial charge in [-0.3, -0.25) is 37.3 Å². The Morgan fingerprint density at radius 3 is 0.780 bits per heavy atom. The van der Waals surface area contributed by atoms with Gasteiger partial charge in [0, 0.05) is 25.7 Å². The third-order valence-electron chi connectivity index (χ3n) is 16.9. The summed E-state index contributed by atoms with van der Waals surface area (Å²) in [5, 5.41) is 10.6. The Morgan fingerprint density at radius 2 is 0.527 bits per heavy atom. The fourth-order valence-corrected chi connectivity index (χ4v) is 12.4. The maximum absolute atomic E-state index is 13.0. The zero-order valence-corrected chi connectivity index (χ0v) is 61.3. The van der Waals surface area contributed by atoms with Crippen molar-refractivity contribution in [2.45, 2.75) is 375 Å². The Labute approximate surface area is 556 Å². The topological polar surface area (TPSA) is 237 Å². The summed E-state index contributed by atoms with van der Waals surface area (Å²) in [5.74, 6) is 0.868. The SMILES string of the molecule is CCC(C)CCCCCCCCC(=O)OC[C@H](COP(=O)(O)OC[C@H](O)COP(=O)(O)OC[C@@H](COC(=O)CCCCCCCCCCC(C)C)OC(=O)CCCCCCCCCCCCCCCCCC(C)C)OC(=O)CCCCCCCCCCCC(C)C. The summed E-state index contributed by atoms with van der Waals surface area (Å²) in [6, 6.07) is 0. The number of carbonyl (C=O) groups is 4. The van der Waals surface area contributed by atoms with E-state index >= 15 is 0 Å². The molecule has 0 aliphatic carbocycles. The smallest absolute Gasteiger partial charge is 0.462 e. The van der Waals surface area contributed by atoms with E-state index in [0.717, 1.165) is 120 Å². The summed E-state index contributed by atoms with van der Waals surface area (Å²) in [6.07, 6.45) is 44.5. The van der Waals surface area contributed by atoms with E-state index in [2.05, 4.69) is 55.4 Å². The van der Waals surface area contributed by atoms with Gasteiger partial charge in [-0.2, -0.15) is 0 Å². The normalized spacial score (nSPS) is 14.5. The molecule has 3 N–H and O–H groups in total. The Morgan fingerprint density at radius 1 is 0.308 bits per heavy atom. The van der Waals surface area contributed by atoms with E-state index in [-0.39, 0.29) is 25.7 Å². The van der Waals surface area contributed by atoms with E-state index in [9.17, 15) is 43.2 Å². The molecule has 91 heavy (non-hydrogen) atoms. The van der Waals surface area contributed by atoms with E-state index in [0.29, 0.717) is 25.7 Å². The van der Waals surface area contributed by atoms with Gasteiger partial charge in [0.25, 0.3) is 0 Å². The molecule has 0 bridgehead atoms. The van der Waals surface area contributed by atoms with Gasteiger partial charge in [-0.1, -0.05) is 306 Å². The maximum atomic E-state index is 13.0. The molecule has 0 radical (unpaired) electrons. The maximum Gasteiger partial charge on any atom is 0.472 e. The second-order valence-electron chi connectivity index (χ2n) is 27.6. The molecule has 3 unspecified atom stereocenters. The van der Waals surface area contributed by atoms with Crippen molar-refractivity contribution in [1.29, 1.82) is 0 Å². The molecule has 540 valence electrons. The van der Waals surface area contributed by atoms with Gasteiger partial charge in [-0.15, -0.1) is 0 Å². The van der Waals surface area contributed by atoms with Crippen LogP contribution in [0.4, 0.5) is 0 Å². The van der Waals surface area contributed by atoms with Gasteiger partial charge in [0.1, 0.15) is 19.3 Å². The molecular weight excluding hydrogens is 1200 g/mol. The molecule has 17 nitrogen and oxygen atoms in total. The number of esters is 4. The van der Waals surface area contributed by atoms with Gasteiger partial charge in [-0.05, 0) is 49.4 Å². The molecule has 0 fully saturated rings. The van der Waals surface area contributed by atoms with Crippen LogP contribution in [0.15, 0.2) is 0 Å². The molecule has 0 aromatic heterocycles. The zero-order chi connectivity index (χ0) is 67.5. The highest BCUT2D eigenvalue weighted by Crippen LogP contribution is 2.45. The molecule has 0 aromatic carbocycles. The van der Waals surface area contributed by atoms with Crippen molar-refractivity contribution in [3.63, 3.8) is 0 Å². The van der Waals surface area contributed by atoms with Crippen molar-refractivity contribution in [2.75, 3.05) is 39.6 Å². The molecule has 19 heteroatoms. The second-order valence-corrected chi connectivity index (χ2v) is 30.6. The lowest BCUT2D eigenvalue weighted by molar-refractivity contribution is -0.161. The van der Waals surface area contributed by atoms with Gasteiger partial charge in [0.15, 0.2) is 12.2 Å². The molecule has 0 aliphatic heterocycles. The number of phosphoric acid groups is 2. The summed E-state index contributed by atoms with van der Waals surface area (Å²) in [6.45, 7) is 14.1. The van der Waals surface area contributed by atoms with Gasteiger partial charge in [0.2, 0.25) is 0 Å². The van der Waals surface area contributed by atoms with E-state index in [1.54, 1.807) is 0 Å². The number of aliphatic hydroxyl groups is 1. The average Bonchev–Trinajstić information content (AvgIpc) is 3.53. The number of hydrogen-bond acceptors (Lipinski definition) is 15. The molecule has 0 spiro atoms. The van der Waals surface area contributed by atoms with Crippen LogP contribution in [-0.2, 0) is 65.4 Å². The first-order chi connectivity index (χ1) is 43.6. The lowest BCUT2D eigenvalue weighted by atomic mass is 10.00. The minimum absolute atomic E-state index is 0.104. The molecule has 0 amide bonds. The Balaban J connectivity index is 5.23. The van der Waals surface area contributed by atoms with Crippen molar-refractivity contribution < 1.29 is 80.2 Å². The van der Waals surface area contributed by atoms with E-state index in [1.807, 2.05) is 0 Å². The van der Waals surface area contributed by atoms with Crippen molar-refractivity contribution in [3.8, 4) is 0 Å². The lowest BCUT2D eigenvalue weighted by Gasteiger charge is -2.21. The first-order valence-electron chi connectivity index (χ1n) is 37.2. The first-order valence-corrected chi connectivity index (χ1v) is 40.2. The molecule has 6 atom stereocenters. The van der Waals surface area contributed by atoms with Crippen LogP contribution in [0.2, 0.25) is 0 Å². The summed E-state index contributed by atoms with van der Waals surface area (Å²) >= 11 is 0. The summed E-state index contributed by atoms with van der Waals surface area (Å²) in [5.41, 5.74) is 0. The summed E-state index contributed by atoms with van der Waals surface area (Å²) in [4.78, 5) is 72.6. The third kappa shape index (κ3) is 65.1. The fourth-order valence-electron chi connectivity index (χ4n) is 10.8. The predicted octanol–water partition coefficient (Wildman–Crippen LogP) is 20.5. The van der Waals surface area contributed by atoms with Gasteiger partial charge in [0.05, 0.1) is 26.4 Å². The van der Waals surface area contributed by atoms with Crippen LogP contribution in [-0.4, -0.2) is 96.7 Å². The highest BCUT2D eigenvalue weighted by Gasteiger charge is 2.30. The van der Waals surface area contributed by atoms with Crippen LogP contribution in [0, 0.1) is 23.7 Å². The number of carbonyl (C=O) groups excluding carboxylic acids is 4. The first kappa shape index (κ1) is 89.1. The molecule has 0 saturated heterocycles. The summed E-state index contributed by atoms with van der Waals surface area (Å²) < 4.78 is 68.3.